The lowest BCUT2D eigenvalue weighted by atomic mass is 9.95. The Kier molecular flexibility index (Phi) is 3.23. The van der Waals surface area contributed by atoms with Gasteiger partial charge in [0.15, 0.2) is 0 Å². The Morgan fingerprint density at radius 1 is 1.05 bits per heavy atom. The molecule has 1 aliphatic carbocycles. The minimum atomic E-state index is 0.594. The second-order valence-corrected chi connectivity index (χ2v) is 6.41. The van der Waals surface area contributed by atoms with Crippen LogP contribution in [0.2, 0.25) is 0 Å². The smallest absolute Gasteiger partial charge is 0.111 e. The quantitative estimate of drug-likeness (QED) is 0.901. The lowest BCUT2D eigenvalue weighted by Gasteiger charge is -2.36. The number of benzene rings is 1. The first-order chi connectivity index (χ1) is 9.90. The molecule has 2 aliphatic rings. The zero-order valence-corrected chi connectivity index (χ0v) is 12.0. The number of fused-ring (bicyclic) bond motifs is 1. The van der Waals surface area contributed by atoms with E-state index in [0.717, 1.165) is 11.6 Å². The van der Waals surface area contributed by atoms with E-state index < -0.39 is 0 Å². The summed E-state index contributed by atoms with van der Waals surface area (Å²) in [7, 11) is 0. The number of imidazole rings is 1. The van der Waals surface area contributed by atoms with Crippen molar-refractivity contribution in [3.05, 3.63) is 30.1 Å². The molecule has 1 aromatic heterocycles. The minimum Gasteiger partial charge on any atom is -0.342 e. The molecule has 106 valence electrons. The molecule has 3 nitrogen and oxygen atoms in total. The molecule has 1 saturated heterocycles. The van der Waals surface area contributed by atoms with E-state index in [1.165, 1.54) is 63.0 Å². The van der Waals surface area contributed by atoms with Gasteiger partial charge < -0.3 is 4.98 Å². The van der Waals surface area contributed by atoms with E-state index >= 15 is 0 Å². The Balaban J connectivity index is 1.54. The lowest BCUT2D eigenvalue weighted by molar-refractivity contribution is 0.148. The van der Waals surface area contributed by atoms with Gasteiger partial charge in [-0.05, 0) is 44.4 Å². The molecular formula is C17H23N3. The molecule has 1 atom stereocenters. The molecule has 2 heterocycles. The molecule has 4 rings (SSSR count). The zero-order chi connectivity index (χ0) is 13.4. The molecular weight excluding hydrogens is 246 g/mol. The number of hydrogen-bond acceptors (Lipinski definition) is 2. The first-order valence-corrected chi connectivity index (χ1v) is 8.09. The number of nitrogens with zero attached hydrogens (tertiary/aromatic N) is 2. The fourth-order valence-corrected chi connectivity index (χ4v) is 4.00. The summed E-state index contributed by atoms with van der Waals surface area (Å²) in [6.07, 6.45) is 8.27. The van der Waals surface area contributed by atoms with Crippen LogP contribution in [-0.2, 0) is 0 Å². The summed E-state index contributed by atoms with van der Waals surface area (Å²) in [6.45, 7) is 2.49. The molecule has 2 fully saturated rings. The third kappa shape index (κ3) is 2.24. The van der Waals surface area contributed by atoms with Gasteiger partial charge in [-0.2, -0.15) is 0 Å². The molecule has 1 saturated carbocycles. The van der Waals surface area contributed by atoms with Crippen molar-refractivity contribution in [2.75, 3.05) is 13.1 Å². The van der Waals surface area contributed by atoms with Gasteiger partial charge in [0.25, 0.3) is 0 Å². The number of aromatic amines is 1. The van der Waals surface area contributed by atoms with Gasteiger partial charge in [0.1, 0.15) is 5.82 Å². The summed E-state index contributed by atoms with van der Waals surface area (Å²) in [4.78, 5) is 11.1. The number of nitrogens with one attached hydrogen (secondary N) is 1. The molecule has 1 unspecified atom stereocenters. The Morgan fingerprint density at radius 3 is 2.75 bits per heavy atom. The van der Waals surface area contributed by atoms with E-state index in [-0.39, 0.29) is 0 Å². The second-order valence-electron chi connectivity index (χ2n) is 6.41. The van der Waals surface area contributed by atoms with Crippen LogP contribution in [0.25, 0.3) is 11.0 Å². The first kappa shape index (κ1) is 12.4. The van der Waals surface area contributed by atoms with Crippen LogP contribution in [0.1, 0.15) is 50.3 Å². The first-order valence-electron chi connectivity index (χ1n) is 8.09. The molecule has 20 heavy (non-hydrogen) atoms. The minimum absolute atomic E-state index is 0.594. The highest BCUT2D eigenvalue weighted by Crippen LogP contribution is 2.31. The number of hydrogen-bond donors (Lipinski definition) is 1. The van der Waals surface area contributed by atoms with E-state index in [9.17, 15) is 0 Å². The second kappa shape index (κ2) is 5.21. The highest BCUT2D eigenvalue weighted by atomic mass is 15.2. The summed E-state index contributed by atoms with van der Waals surface area (Å²) >= 11 is 0. The predicted octanol–water partition coefficient (Wildman–Crippen LogP) is 3.68. The molecule has 0 bridgehead atoms. The van der Waals surface area contributed by atoms with Gasteiger partial charge in [-0.3, -0.25) is 4.90 Å². The van der Waals surface area contributed by atoms with Crippen LogP contribution in [0.4, 0.5) is 0 Å². The normalized spacial score (nSPS) is 25.5. The Labute approximate surface area is 120 Å². The van der Waals surface area contributed by atoms with Crippen molar-refractivity contribution in [1.29, 1.82) is 0 Å². The standard InChI is InChI=1S/C17H23N3/c1-2-8-14(7-1)20-11-5-6-13(12-20)17-18-15-9-3-4-10-16(15)19-17/h3-4,9-10,13-14H,1-2,5-8,11-12H2,(H,18,19). The molecule has 0 spiro atoms. The predicted molar refractivity (Wildman–Crippen MR) is 81.9 cm³/mol. The number of aromatic nitrogens is 2. The van der Waals surface area contributed by atoms with Gasteiger partial charge in [0.2, 0.25) is 0 Å². The molecule has 1 aromatic carbocycles. The number of H-pyrrole nitrogens is 1. The third-order valence-electron chi connectivity index (χ3n) is 5.09. The largest absolute Gasteiger partial charge is 0.342 e. The van der Waals surface area contributed by atoms with Gasteiger partial charge in [0.05, 0.1) is 11.0 Å². The fourth-order valence-electron chi connectivity index (χ4n) is 4.00. The maximum absolute atomic E-state index is 4.82. The van der Waals surface area contributed by atoms with E-state index in [1.807, 2.05) is 0 Å². The number of para-hydroxylation sites is 2. The van der Waals surface area contributed by atoms with Crippen molar-refractivity contribution in [2.45, 2.75) is 50.5 Å². The average molecular weight is 269 g/mol. The van der Waals surface area contributed by atoms with Crippen molar-refractivity contribution in [2.24, 2.45) is 0 Å². The molecule has 0 amide bonds. The van der Waals surface area contributed by atoms with Crippen LogP contribution in [0.15, 0.2) is 24.3 Å². The van der Waals surface area contributed by atoms with Crippen LogP contribution < -0.4 is 0 Å². The van der Waals surface area contributed by atoms with Crippen LogP contribution in [0.3, 0.4) is 0 Å². The van der Waals surface area contributed by atoms with E-state index in [1.54, 1.807) is 0 Å². The van der Waals surface area contributed by atoms with Crippen molar-refractivity contribution in [1.82, 2.24) is 14.9 Å². The van der Waals surface area contributed by atoms with Crippen LogP contribution >= 0.6 is 0 Å². The Morgan fingerprint density at radius 2 is 1.90 bits per heavy atom. The van der Waals surface area contributed by atoms with Gasteiger partial charge in [0, 0.05) is 18.5 Å². The van der Waals surface area contributed by atoms with Crippen LogP contribution in [-0.4, -0.2) is 34.0 Å². The molecule has 3 heteroatoms. The number of likely N-dealkylation sites (tertiary alicyclic amines) is 1. The number of rotatable bonds is 2. The zero-order valence-electron chi connectivity index (χ0n) is 12.0. The van der Waals surface area contributed by atoms with E-state index in [4.69, 9.17) is 4.98 Å². The summed E-state index contributed by atoms with van der Waals surface area (Å²) in [5.74, 6) is 1.80. The maximum atomic E-state index is 4.82. The molecule has 1 N–H and O–H groups in total. The highest BCUT2D eigenvalue weighted by molar-refractivity contribution is 5.74. The summed E-state index contributed by atoms with van der Waals surface area (Å²) in [5.41, 5.74) is 2.29. The Bertz CT molecular complexity index is 550. The van der Waals surface area contributed by atoms with Gasteiger partial charge >= 0.3 is 0 Å². The third-order valence-corrected chi connectivity index (χ3v) is 5.09. The monoisotopic (exact) mass is 269 g/mol. The van der Waals surface area contributed by atoms with Gasteiger partial charge in [-0.15, -0.1) is 0 Å². The molecule has 2 aromatic rings. The van der Waals surface area contributed by atoms with Gasteiger partial charge in [-0.25, -0.2) is 4.98 Å². The van der Waals surface area contributed by atoms with Crippen molar-refractivity contribution < 1.29 is 0 Å². The maximum Gasteiger partial charge on any atom is 0.111 e. The fraction of sp³-hybridized carbons (Fsp3) is 0.588. The topological polar surface area (TPSA) is 31.9 Å². The van der Waals surface area contributed by atoms with E-state index in [2.05, 4.69) is 34.1 Å². The summed E-state index contributed by atoms with van der Waals surface area (Å²) < 4.78 is 0. The van der Waals surface area contributed by atoms with Crippen molar-refractivity contribution in [3.63, 3.8) is 0 Å². The van der Waals surface area contributed by atoms with Crippen molar-refractivity contribution in [3.8, 4) is 0 Å². The van der Waals surface area contributed by atoms with Crippen molar-refractivity contribution >= 4 is 11.0 Å². The average Bonchev–Trinajstić information content (AvgIpc) is 3.16. The summed E-state index contributed by atoms with van der Waals surface area (Å²) in [6, 6.07) is 9.23. The summed E-state index contributed by atoms with van der Waals surface area (Å²) in [5, 5.41) is 0. The van der Waals surface area contributed by atoms with Gasteiger partial charge in [-0.1, -0.05) is 25.0 Å². The molecule has 0 radical (unpaired) electrons. The lowest BCUT2D eigenvalue weighted by Crippen LogP contribution is -2.40. The number of piperidine rings is 1. The SMILES string of the molecule is c1ccc2[nH]c(C3CCCN(C4CCCC4)C3)nc2c1. The Hall–Kier alpha value is -1.35. The molecule has 1 aliphatic heterocycles. The van der Waals surface area contributed by atoms with Crippen LogP contribution in [0.5, 0.6) is 0 Å². The van der Waals surface area contributed by atoms with Crippen LogP contribution in [0, 0.1) is 0 Å². The highest BCUT2D eigenvalue weighted by Gasteiger charge is 2.29. The van der Waals surface area contributed by atoms with E-state index in [0.29, 0.717) is 5.92 Å².